The van der Waals surface area contributed by atoms with Gasteiger partial charge >= 0.3 is 0 Å². The highest BCUT2D eigenvalue weighted by molar-refractivity contribution is 7.07. The van der Waals surface area contributed by atoms with Gasteiger partial charge in [-0.2, -0.15) is 0 Å². The summed E-state index contributed by atoms with van der Waals surface area (Å²) in [5, 5.41) is 5.64. The largest absolute Gasteiger partial charge is 0.316 e. The fourth-order valence-corrected chi connectivity index (χ4v) is 3.28. The summed E-state index contributed by atoms with van der Waals surface area (Å²) < 4.78 is 0. The monoisotopic (exact) mass is 303 g/mol. The van der Waals surface area contributed by atoms with E-state index in [1.807, 2.05) is 5.51 Å². The van der Waals surface area contributed by atoms with Crippen molar-refractivity contribution < 1.29 is 0 Å². The molecule has 0 aliphatic rings. The maximum Gasteiger partial charge on any atom is 0.0795 e. The van der Waals surface area contributed by atoms with E-state index in [1.165, 1.54) is 5.56 Å². The SMILES string of the molecule is CCNCC(C)(CN(C)Cc1cscn1)c1ccccc1. The minimum atomic E-state index is 0.0992. The maximum atomic E-state index is 4.38. The molecule has 21 heavy (non-hydrogen) atoms. The van der Waals surface area contributed by atoms with Crippen LogP contribution in [0.25, 0.3) is 0 Å². The summed E-state index contributed by atoms with van der Waals surface area (Å²) in [6.45, 7) is 8.37. The third-order valence-electron chi connectivity index (χ3n) is 3.77. The first kappa shape index (κ1) is 16.1. The number of benzene rings is 1. The molecule has 0 fully saturated rings. The molecule has 0 spiro atoms. The van der Waals surface area contributed by atoms with Crippen LogP contribution in [-0.2, 0) is 12.0 Å². The second kappa shape index (κ2) is 7.69. The fourth-order valence-electron chi connectivity index (χ4n) is 2.73. The lowest BCUT2D eigenvalue weighted by Crippen LogP contribution is -2.44. The third-order valence-corrected chi connectivity index (χ3v) is 4.41. The second-order valence-corrected chi connectivity index (χ2v) is 6.58. The van der Waals surface area contributed by atoms with Crippen LogP contribution < -0.4 is 5.32 Å². The fraction of sp³-hybridized carbons (Fsp3) is 0.471. The average Bonchev–Trinajstić information content (AvgIpc) is 2.99. The molecule has 0 amide bonds. The summed E-state index contributed by atoms with van der Waals surface area (Å²) in [4.78, 5) is 6.74. The van der Waals surface area contributed by atoms with Crippen molar-refractivity contribution in [1.82, 2.24) is 15.2 Å². The van der Waals surface area contributed by atoms with Crippen molar-refractivity contribution in [3.8, 4) is 0 Å². The molecule has 1 heterocycles. The first-order valence-corrected chi connectivity index (χ1v) is 8.40. The van der Waals surface area contributed by atoms with Crippen molar-refractivity contribution >= 4 is 11.3 Å². The van der Waals surface area contributed by atoms with Gasteiger partial charge in [0.05, 0.1) is 11.2 Å². The van der Waals surface area contributed by atoms with Crippen LogP contribution in [0.2, 0.25) is 0 Å². The molecule has 1 atom stereocenters. The molecule has 2 rings (SSSR count). The molecule has 0 saturated heterocycles. The van der Waals surface area contributed by atoms with E-state index < -0.39 is 0 Å². The van der Waals surface area contributed by atoms with Gasteiger partial charge in [0.15, 0.2) is 0 Å². The number of likely N-dealkylation sites (N-methyl/N-ethyl adjacent to an activating group) is 2. The van der Waals surface area contributed by atoms with Crippen LogP contribution >= 0.6 is 11.3 Å². The lowest BCUT2D eigenvalue weighted by Gasteiger charge is -2.34. The van der Waals surface area contributed by atoms with Gasteiger partial charge < -0.3 is 5.32 Å². The number of aromatic nitrogens is 1. The van der Waals surface area contributed by atoms with E-state index in [1.54, 1.807) is 11.3 Å². The van der Waals surface area contributed by atoms with E-state index in [2.05, 4.69) is 71.8 Å². The Morgan fingerprint density at radius 3 is 2.67 bits per heavy atom. The highest BCUT2D eigenvalue weighted by Gasteiger charge is 2.27. The Hall–Kier alpha value is -1.23. The zero-order valence-electron chi connectivity index (χ0n) is 13.2. The first-order valence-electron chi connectivity index (χ1n) is 7.46. The van der Waals surface area contributed by atoms with E-state index in [9.17, 15) is 0 Å². The minimum absolute atomic E-state index is 0.0992. The summed E-state index contributed by atoms with van der Waals surface area (Å²) in [6.07, 6.45) is 0. The molecule has 4 heteroatoms. The minimum Gasteiger partial charge on any atom is -0.316 e. The highest BCUT2D eigenvalue weighted by Crippen LogP contribution is 2.24. The molecule has 0 aliphatic carbocycles. The molecule has 2 aromatic rings. The number of rotatable bonds is 8. The number of nitrogens with zero attached hydrogens (tertiary/aromatic N) is 2. The molecular weight excluding hydrogens is 278 g/mol. The molecule has 0 radical (unpaired) electrons. The van der Waals surface area contributed by atoms with Gasteiger partial charge in [-0.1, -0.05) is 44.2 Å². The van der Waals surface area contributed by atoms with Crippen LogP contribution in [0.4, 0.5) is 0 Å². The summed E-state index contributed by atoms with van der Waals surface area (Å²) in [6, 6.07) is 10.8. The van der Waals surface area contributed by atoms with Gasteiger partial charge in [0.2, 0.25) is 0 Å². The van der Waals surface area contributed by atoms with Crippen molar-refractivity contribution in [3.05, 3.63) is 52.5 Å². The van der Waals surface area contributed by atoms with Gasteiger partial charge in [-0.05, 0) is 19.2 Å². The Morgan fingerprint density at radius 2 is 2.05 bits per heavy atom. The van der Waals surface area contributed by atoms with Crippen molar-refractivity contribution in [2.75, 3.05) is 26.7 Å². The standard InChI is InChI=1S/C17H25N3S/c1-4-18-12-17(2,15-8-6-5-7-9-15)13-20(3)10-16-11-21-14-19-16/h5-9,11,14,18H,4,10,12-13H2,1-3H3. The van der Waals surface area contributed by atoms with Crippen molar-refractivity contribution in [2.24, 2.45) is 0 Å². The zero-order chi connectivity index (χ0) is 15.1. The van der Waals surface area contributed by atoms with Crippen LogP contribution in [-0.4, -0.2) is 36.6 Å². The Balaban J connectivity index is 2.08. The number of thiazole rings is 1. The topological polar surface area (TPSA) is 28.2 Å². The Labute approximate surface area is 132 Å². The molecule has 0 bridgehead atoms. The lowest BCUT2D eigenvalue weighted by atomic mass is 9.81. The van der Waals surface area contributed by atoms with Crippen molar-refractivity contribution in [1.29, 1.82) is 0 Å². The highest BCUT2D eigenvalue weighted by atomic mass is 32.1. The zero-order valence-corrected chi connectivity index (χ0v) is 14.0. The molecule has 0 saturated carbocycles. The van der Waals surface area contributed by atoms with Crippen LogP contribution in [0.15, 0.2) is 41.2 Å². The quantitative estimate of drug-likeness (QED) is 0.812. The second-order valence-electron chi connectivity index (χ2n) is 5.86. The van der Waals surface area contributed by atoms with Gasteiger partial charge in [-0.3, -0.25) is 4.90 Å². The number of nitrogens with one attached hydrogen (secondary N) is 1. The molecule has 1 unspecified atom stereocenters. The lowest BCUT2D eigenvalue weighted by molar-refractivity contribution is 0.242. The van der Waals surface area contributed by atoms with E-state index >= 15 is 0 Å². The Bertz CT molecular complexity index is 512. The maximum absolute atomic E-state index is 4.38. The summed E-state index contributed by atoms with van der Waals surface area (Å²) >= 11 is 1.66. The average molecular weight is 303 g/mol. The molecule has 0 aliphatic heterocycles. The van der Waals surface area contributed by atoms with Gasteiger partial charge in [0.1, 0.15) is 0 Å². The van der Waals surface area contributed by atoms with E-state index in [0.29, 0.717) is 0 Å². The first-order chi connectivity index (χ1) is 10.1. The molecule has 3 nitrogen and oxygen atoms in total. The van der Waals surface area contributed by atoms with Crippen LogP contribution in [0.1, 0.15) is 25.1 Å². The third kappa shape index (κ3) is 4.63. The predicted molar refractivity (Wildman–Crippen MR) is 90.8 cm³/mol. The van der Waals surface area contributed by atoms with Gasteiger partial charge in [-0.25, -0.2) is 4.98 Å². The smallest absolute Gasteiger partial charge is 0.0795 e. The van der Waals surface area contributed by atoms with Crippen LogP contribution in [0.3, 0.4) is 0 Å². The number of hydrogen-bond donors (Lipinski definition) is 1. The predicted octanol–water partition coefficient (Wildman–Crippen LogP) is 3.14. The molecule has 1 aromatic carbocycles. The van der Waals surface area contributed by atoms with Crippen molar-refractivity contribution in [2.45, 2.75) is 25.8 Å². The van der Waals surface area contributed by atoms with E-state index in [4.69, 9.17) is 0 Å². The Morgan fingerprint density at radius 1 is 1.29 bits per heavy atom. The summed E-state index contributed by atoms with van der Waals surface area (Å²) in [5.41, 5.74) is 4.54. The van der Waals surface area contributed by atoms with Crippen molar-refractivity contribution in [3.63, 3.8) is 0 Å². The van der Waals surface area contributed by atoms with Gasteiger partial charge in [0, 0.05) is 30.4 Å². The molecule has 1 N–H and O–H groups in total. The summed E-state index contributed by atoms with van der Waals surface area (Å²) in [5.74, 6) is 0. The number of hydrogen-bond acceptors (Lipinski definition) is 4. The van der Waals surface area contributed by atoms with Gasteiger partial charge in [-0.15, -0.1) is 11.3 Å². The van der Waals surface area contributed by atoms with Gasteiger partial charge in [0.25, 0.3) is 0 Å². The summed E-state index contributed by atoms with van der Waals surface area (Å²) in [7, 11) is 2.17. The van der Waals surface area contributed by atoms with E-state index in [-0.39, 0.29) is 5.41 Å². The molecule has 114 valence electrons. The van der Waals surface area contributed by atoms with E-state index in [0.717, 1.165) is 31.9 Å². The Kier molecular flexibility index (Phi) is 5.91. The molecule has 1 aromatic heterocycles. The van der Waals surface area contributed by atoms with Crippen LogP contribution in [0, 0.1) is 0 Å². The van der Waals surface area contributed by atoms with Crippen LogP contribution in [0.5, 0.6) is 0 Å². The normalized spacial score (nSPS) is 14.3. The molecular formula is C17H25N3S.